The molecular formula is C9H12BrNO. The molecule has 3 heteroatoms. The van der Waals surface area contributed by atoms with Crippen LogP contribution in [0.15, 0.2) is 28.7 Å². The van der Waals surface area contributed by atoms with Gasteiger partial charge in [-0.1, -0.05) is 15.9 Å². The fraction of sp³-hybridized carbons (Fsp3) is 0.333. The zero-order chi connectivity index (χ0) is 8.97. The van der Waals surface area contributed by atoms with Gasteiger partial charge in [-0.15, -0.1) is 0 Å². The average Bonchev–Trinajstić information content (AvgIpc) is 2.03. The van der Waals surface area contributed by atoms with Crippen LogP contribution in [0.2, 0.25) is 0 Å². The smallest absolute Gasteiger partial charge is 0.0684 e. The normalized spacial score (nSPS) is 12.6. The van der Waals surface area contributed by atoms with Gasteiger partial charge in [-0.2, -0.15) is 0 Å². The fourth-order valence-corrected chi connectivity index (χ4v) is 1.10. The predicted octanol–water partition coefficient (Wildman–Crippen LogP) is 2.24. The van der Waals surface area contributed by atoms with E-state index < -0.39 is 0 Å². The Hall–Kier alpha value is -0.540. The Kier molecular flexibility index (Phi) is 3.56. The summed E-state index contributed by atoms with van der Waals surface area (Å²) in [5.41, 5.74) is 1.03. The Morgan fingerprint density at radius 1 is 1.42 bits per heavy atom. The number of halogens is 1. The van der Waals surface area contributed by atoms with Crippen molar-refractivity contribution in [2.45, 2.75) is 13.0 Å². The second-order valence-corrected chi connectivity index (χ2v) is 3.65. The van der Waals surface area contributed by atoms with E-state index in [-0.39, 0.29) is 6.10 Å². The molecule has 0 spiro atoms. The van der Waals surface area contributed by atoms with E-state index in [9.17, 15) is 0 Å². The first-order chi connectivity index (χ1) is 5.68. The lowest BCUT2D eigenvalue weighted by Gasteiger charge is -2.07. The van der Waals surface area contributed by atoms with E-state index in [1.165, 1.54) is 0 Å². The van der Waals surface area contributed by atoms with Gasteiger partial charge in [0.25, 0.3) is 0 Å². The zero-order valence-corrected chi connectivity index (χ0v) is 8.51. The lowest BCUT2D eigenvalue weighted by Crippen LogP contribution is -2.15. The molecule has 1 aromatic rings. The van der Waals surface area contributed by atoms with Crippen molar-refractivity contribution < 1.29 is 5.11 Å². The Labute approximate surface area is 80.7 Å². The molecule has 0 fully saturated rings. The lowest BCUT2D eigenvalue weighted by molar-refractivity contribution is 0.208. The van der Waals surface area contributed by atoms with Gasteiger partial charge in [-0.25, -0.2) is 0 Å². The summed E-state index contributed by atoms with van der Waals surface area (Å²) in [6.07, 6.45) is -0.311. The molecule has 0 saturated carbocycles. The van der Waals surface area contributed by atoms with Crippen LogP contribution in [-0.4, -0.2) is 17.8 Å². The molecule has 12 heavy (non-hydrogen) atoms. The molecule has 0 aliphatic carbocycles. The maximum Gasteiger partial charge on any atom is 0.0684 e. The number of aliphatic hydroxyl groups excluding tert-OH is 1. The van der Waals surface area contributed by atoms with E-state index in [2.05, 4.69) is 21.2 Å². The third-order valence-corrected chi connectivity index (χ3v) is 1.97. The first-order valence-corrected chi connectivity index (χ1v) is 4.65. The van der Waals surface area contributed by atoms with Crippen molar-refractivity contribution >= 4 is 21.6 Å². The monoisotopic (exact) mass is 229 g/mol. The number of hydrogen-bond acceptors (Lipinski definition) is 2. The standard InChI is InChI=1S/C9H12BrNO/c1-7(12)6-11-9-4-2-8(10)3-5-9/h2-5,7,11-12H,6H2,1H3. The number of anilines is 1. The topological polar surface area (TPSA) is 32.3 Å². The molecule has 0 aromatic heterocycles. The summed E-state index contributed by atoms with van der Waals surface area (Å²) >= 11 is 3.35. The highest BCUT2D eigenvalue weighted by Gasteiger charge is 1.94. The number of aliphatic hydroxyl groups is 1. The van der Waals surface area contributed by atoms with E-state index in [1.807, 2.05) is 24.3 Å². The van der Waals surface area contributed by atoms with Crippen LogP contribution in [0.3, 0.4) is 0 Å². The average molecular weight is 230 g/mol. The van der Waals surface area contributed by atoms with Gasteiger partial charge in [-0.3, -0.25) is 0 Å². The SMILES string of the molecule is CC(O)CNc1ccc(Br)cc1. The Balaban J connectivity index is 2.48. The molecule has 2 N–H and O–H groups in total. The van der Waals surface area contributed by atoms with Crippen molar-refractivity contribution in [3.8, 4) is 0 Å². The van der Waals surface area contributed by atoms with Gasteiger partial charge in [0, 0.05) is 16.7 Å². The van der Waals surface area contributed by atoms with Crippen LogP contribution < -0.4 is 5.32 Å². The second kappa shape index (κ2) is 4.48. The van der Waals surface area contributed by atoms with Gasteiger partial charge < -0.3 is 10.4 Å². The first-order valence-electron chi connectivity index (χ1n) is 3.86. The van der Waals surface area contributed by atoms with Crippen molar-refractivity contribution in [1.29, 1.82) is 0 Å². The highest BCUT2D eigenvalue weighted by atomic mass is 79.9. The quantitative estimate of drug-likeness (QED) is 0.834. The number of nitrogens with one attached hydrogen (secondary N) is 1. The summed E-state index contributed by atoms with van der Waals surface area (Å²) in [5.74, 6) is 0. The van der Waals surface area contributed by atoms with Gasteiger partial charge >= 0.3 is 0 Å². The van der Waals surface area contributed by atoms with E-state index in [0.717, 1.165) is 10.2 Å². The van der Waals surface area contributed by atoms with Crippen LogP contribution in [-0.2, 0) is 0 Å². The molecule has 66 valence electrons. The Morgan fingerprint density at radius 3 is 2.50 bits per heavy atom. The summed E-state index contributed by atoms with van der Waals surface area (Å²) in [7, 11) is 0. The van der Waals surface area contributed by atoms with Crippen LogP contribution >= 0.6 is 15.9 Å². The van der Waals surface area contributed by atoms with Gasteiger partial charge in [0.15, 0.2) is 0 Å². The number of hydrogen-bond donors (Lipinski definition) is 2. The summed E-state index contributed by atoms with van der Waals surface area (Å²) in [6, 6.07) is 7.85. The Morgan fingerprint density at radius 2 is 2.00 bits per heavy atom. The van der Waals surface area contributed by atoms with E-state index >= 15 is 0 Å². The maximum atomic E-state index is 9.00. The van der Waals surface area contributed by atoms with Crippen LogP contribution in [0.1, 0.15) is 6.92 Å². The van der Waals surface area contributed by atoms with Crippen LogP contribution in [0.4, 0.5) is 5.69 Å². The third-order valence-electron chi connectivity index (χ3n) is 1.45. The second-order valence-electron chi connectivity index (χ2n) is 2.74. The summed E-state index contributed by atoms with van der Waals surface area (Å²) in [4.78, 5) is 0. The molecule has 0 amide bonds. The van der Waals surface area contributed by atoms with Crippen molar-refractivity contribution in [2.24, 2.45) is 0 Å². The third kappa shape index (κ3) is 3.24. The minimum Gasteiger partial charge on any atom is -0.392 e. The van der Waals surface area contributed by atoms with Crippen molar-refractivity contribution in [2.75, 3.05) is 11.9 Å². The molecule has 0 bridgehead atoms. The molecule has 2 nitrogen and oxygen atoms in total. The van der Waals surface area contributed by atoms with Gasteiger partial charge in [0.05, 0.1) is 6.10 Å². The highest BCUT2D eigenvalue weighted by molar-refractivity contribution is 9.10. The van der Waals surface area contributed by atoms with E-state index in [0.29, 0.717) is 6.54 Å². The number of rotatable bonds is 3. The molecule has 1 atom stereocenters. The molecular weight excluding hydrogens is 218 g/mol. The first kappa shape index (κ1) is 9.55. The molecule has 0 heterocycles. The summed E-state index contributed by atoms with van der Waals surface area (Å²) < 4.78 is 1.06. The van der Waals surface area contributed by atoms with Crippen molar-refractivity contribution in [3.63, 3.8) is 0 Å². The lowest BCUT2D eigenvalue weighted by atomic mass is 10.3. The molecule has 0 saturated heterocycles. The largest absolute Gasteiger partial charge is 0.392 e. The highest BCUT2D eigenvalue weighted by Crippen LogP contribution is 2.13. The van der Waals surface area contributed by atoms with Gasteiger partial charge in [0.1, 0.15) is 0 Å². The van der Waals surface area contributed by atoms with Crippen LogP contribution in [0, 0.1) is 0 Å². The van der Waals surface area contributed by atoms with Crippen molar-refractivity contribution in [3.05, 3.63) is 28.7 Å². The van der Waals surface area contributed by atoms with E-state index in [4.69, 9.17) is 5.11 Å². The molecule has 0 aliphatic rings. The van der Waals surface area contributed by atoms with E-state index in [1.54, 1.807) is 6.92 Å². The summed E-state index contributed by atoms with van der Waals surface area (Å²) in [5, 5.41) is 12.1. The molecule has 0 radical (unpaired) electrons. The molecule has 1 rings (SSSR count). The maximum absolute atomic E-state index is 9.00. The van der Waals surface area contributed by atoms with Crippen LogP contribution in [0.25, 0.3) is 0 Å². The van der Waals surface area contributed by atoms with Crippen LogP contribution in [0.5, 0.6) is 0 Å². The van der Waals surface area contributed by atoms with Crippen molar-refractivity contribution in [1.82, 2.24) is 0 Å². The van der Waals surface area contributed by atoms with Gasteiger partial charge in [-0.05, 0) is 31.2 Å². The van der Waals surface area contributed by atoms with Gasteiger partial charge in [0.2, 0.25) is 0 Å². The zero-order valence-electron chi connectivity index (χ0n) is 6.92. The summed E-state index contributed by atoms with van der Waals surface area (Å²) in [6.45, 7) is 2.34. The predicted molar refractivity (Wildman–Crippen MR) is 54.3 cm³/mol. The molecule has 0 aliphatic heterocycles. The molecule has 1 unspecified atom stereocenters. The fourth-order valence-electron chi connectivity index (χ4n) is 0.833. The Bertz CT molecular complexity index is 233. The minimum atomic E-state index is -0.311. The number of benzene rings is 1. The molecule has 1 aromatic carbocycles. The minimum absolute atomic E-state index is 0.311.